The van der Waals surface area contributed by atoms with Crippen LogP contribution in [0.2, 0.25) is 0 Å². The SMILES string of the molecule is COc1ccccc1C1(C)CCSC(N)=N1. The normalized spacial score (nSPS) is 25.0. The Bertz CT molecular complexity index is 419. The van der Waals surface area contributed by atoms with Gasteiger partial charge in [-0.2, -0.15) is 0 Å². The summed E-state index contributed by atoms with van der Waals surface area (Å²) in [7, 11) is 1.69. The third-order valence-corrected chi connectivity index (χ3v) is 3.68. The van der Waals surface area contributed by atoms with Gasteiger partial charge in [0.15, 0.2) is 5.17 Å². The van der Waals surface area contributed by atoms with Crippen LogP contribution >= 0.6 is 11.8 Å². The lowest BCUT2D eigenvalue weighted by atomic mass is 9.89. The van der Waals surface area contributed by atoms with Gasteiger partial charge in [0.05, 0.1) is 12.6 Å². The summed E-state index contributed by atoms with van der Waals surface area (Å²) in [6.45, 7) is 2.11. The van der Waals surface area contributed by atoms with Crippen LogP contribution in [0, 0.1) is 0 Å². The van der Waals surface area contributed by atoms with Gasteiger partial charge in [-0.1, -0.05) is 30.0 Å². The van der Waals surface area contributed by atoms with Crippen LogP contribution in [-0.2, 0) is 5.54 Å². The Hall–Kier alpha value is -1.16. The lowest BCUT2D eigenvalue weighted by Crippen LogP contribution is -2.29. The molecular formula is C12H16N2OS. The first-order chi connectivity index (χ1) is 7.65. The Morgan fingerprint density at radius 2 is 2.19 bits per heavy atom. The molecule has 2 N–H and O–H groups in total. The number of hydrogen-bond donors (Lipinski definition) is 1. The first-order valence-corrected chi connectivity index (χ1v) is 6.26. The summed E-state index contributed by atoms with van der Waals surface area (Å²) in [5.41, 5.74) is 6.68. The molecule has 1 unspecified atom stereocenters. The van der Waals surface area contributed by atoms with Gasteiger partial charge in [0.2, 0.25) is 0 Å². The fraction of sp³-hybridized carbons (Fsp3) is 0.417. The summed E-state index contributed by atoms with van der Waals surface area (Å²) < 4.78 is 5.38. The summed E-state index contributed by atoms with van der Waals surface area (Å²) in [5, 5.41) is 0.666. The number of aliphatic imine (C=N–C) groups is 1. The Labute approximate surface area is 100 Å². The first-order valence-electron chi connectivity index (χ1n) is 5.27. The maximum atomic E-state index is 5.81. The van der Waals surface area contributed by atoms with Crippen molar-refractivity contribution in [3.8, 4) is 5.75 Å². The minimum absolute atomic E-state index is 0.248. The predicted octanol–water partition coefficient (Wildman–Crippen LogP) is 2.36. The zero-order valence-corrected chi connectivity index (χ0v) is 10.4. The zero-order chi connectivity index (χ0) is 11.6. The average molecular weight is 236 g/mol. The minimum atomic E-state index is -0.248. The third kappa shape index (κ3) is 2.02. The van der Waals surface area contributed by atoms with Gasteiger partial charge in [0, 0.05) is 11.3 Å². The molecule has 1 heterocycles. The molecule has 0 saturated carbocycles. The lowest BCUT2D eigenvalue weighted by Gasteiger charge is -2.30. The molecule has 1 aliphatic heterocycles. The van der Waals surface area contributed by atoms with Crippen molar-refractivity contribution in [1.29, 1.82) is 0 Å². The van der Waals surface area contributed by atoms with Crippen LogP contribution in [0.4, 0.5) is 0 Å². The largest absolute Gasteiger partial charge is 0.496 e. The van der Waals surface area contributed by atoms with Crippen molar-refractivity contribution >= 4 is 16.9 Å². The Morgan fingerprint density at radius 1 is 1.44 bits per heavy atom. The van der Waals surface area contributed by atoms with E-state index in [1.54, 1.807) is 18.9 Å². The van der Waals surface area contributed by atoms with Crippen molar-refractivity contribution in [2.75, 3.05) is 12.9 Å². The summed E-state index contributed by atoms with van der Waals surface area (Å²) in [5.74, 6) is 1.89. The molecule has 0 aromatic heterocycles. The maximum absolute atomic E-state index is 5.81. The number of rotatable bonds is 2. The molecule has 0 radical (unpaired) electrons. The van der Waals surface area contributed by atoms with Crippen molar-refractivity contribution < 1.29 is 4.74 Å². The monoisotopic (exact) mass is 236 g/mol. The molecule has 0 amide bonds. The summed E-state index contributed by atoms with van der Waals surface area (Å²) in [6.07, 6.45) is 0.985. The topological polar surface area (TPSA) is 47.6 Å². The molecule has 0 aliphatic carbocycles. The smallest absolute Gasteiger partial charge is 0.154 e. The van der Waals surface area contributed by atoms with Gasteiger partial charge in [0.25, 0.3) is 0 Å². The molecule has 0 spiro atoms. The van der Waals surface area contributed by atoms with E-state index in [4.69, 9.17) is 10.5 Å². The van der Waals surface area contributed by atoms with E-state index in [0.29, 0.717) is 5.17 Å². The van der Waals surface area contributed by atoms with E-state index in [1.165, 1.54) is 0 Å². The van der Waals surface area contributed by atoms with E-state index >= 15 is 0 Å². The van der Waals surface area contributed by atoms with E-state index < -0.39 is 0 Å². The van der Waals surface area contributed by atoms with E-state index in [-0.39, 0.29) is 5.54 Å². The standard InChI is InChI=1S/C12H16N2OS/c1-12(7-8-16-11(13)14-12)9-5-3-4-6-10(9)15-2/h3-6H,7-8H2,1-2H3,(H2,13,14). The predicted molar refractivity (Wildman–Crippen MR) is 69.0 cm³/mol. The highest BCUT2D eigenvalue weighted by molar-refractivity contribution is 8.13. The summed E-state index contributed by atoms with van der Waals surface area (Å²) in [6, 6.07) is 8.01. The molecule has 0 saturated heterocycles. The summed E-state index contributed by atoms with van der Waals surface area (Å²) >= 11 is 1.62. The maximum Gasteiger partial charge on any atom is 0.154 e. The molecule has 0 bridgehead atoms. The van der Waals surface area contributed by atoms with E-state index in [0.717, 1.165) is 23.5 Å². The zero-order valence-electron chi connectivity index (χ0n) is 9.56. The van der Waals surface area contributed by atoms with Crippen molar-refractivity contribution in [1.82, 2.24) is 0 Å². The number of thioether (sulfide) groups is 1. The fourth-order valence-corrected chi connectivity index (χ4v) is 2.94. The van der Waals surface area contributed by atoms with Crippen LogP contribution < -0.4 is 10.5 Å². The second-order valence-corrected chi connectivity index (χ2v) is 5.14. The molecule has 2 rings (SSSR count). The van der Waals surface area contributed by atoms with Crippen molar-refractivity contribution in [3.05, 3.63) is 29.8 Å². The van der Waals surface area contributed by atoms with Crippen LogP contribution in [0.5, 0.6) is 5.75 Å². The molecule has 1 aliphatic rings. The Kier molecular flexibility index (Phi) is 3.10. The molecule has 1 atom stereocenters. The van der Waals surface area contributed by atoms with Crippen LogP contribution in [-0.4, -0.2) is 18.0 Å². The average Bonchev–Trinajstić information content (AvgIpc) is 2.29. The molecule has 1 aromatic rings. The van der Waals surface area contributed by atoms with Gasteiger partial charge in [-0.3, -0.25) is 4.99 Å². The van der Waals surface area contributed by atoms with Gasteiger partial charge in [-0.25, -0.2) is 0 Å². The second-order valence-electron chi connectivity index (χ2n) is 4.02. The molecule has 86 valence electrons. The number of amidine groups is 1. The lowest BCUT2D eigenvalue weighted by molar-refractivity contribution is 0.385. The van der Waals surface area contributed by atoms with Crippen molar-refractivity contribution in [2.45, 2.75) is 18.9 Å². The highest BCUT2D eigenvalue weighted by Crippen LogP contribution is 2.39. The van der Waals surface area contributed by atoms with E-state index in [2.05, 4.69) is 18.0 Å². The molecule has 16 heavy (non-hydrogen) atoms. The highest BCUT2D eigenvalue weighted by atomic mass is 32.2. The first kappa shape index (κ1) is 11.3. The molecule has 3 nitrogen and oxygen atoms in total. The van der Waals surface area contributed by atoms with Crippen molar-refractivity contribution in [3.63, 3.8) is 0 Å². The Balaban J connectivity index is 2.46. The number of nitrogens with two attached hydrogens (primary N) is 1. The van der Waals surface area contributed by atoms with Crippen LogP contribution in [0.3, 0.4) is 0 Å². The van der Waals surface area contributed by atoms with Crippen LogP contribution in [0.15, 0.2) is 29.3 Å². The quantitative estimate of drug-likeness (QED) is 0.857. The molecular weight excluding hydrogens is 220 g/mol. The molecule has 4 heteroatoms. The fourth-order valence-electron chi connectivity index (χ4n) is 1.97. The Morgan fingerprint density at radius 3 is 2.88 bits per heavy atom. The number of nitrogens with zero attached hydrogens (tertiary/aromatic N) is 1. The van der Waals surface area contributed by atoms with E-state index in [9.17, 15) is 0 Å². The van der Waals surface area contributed by atoms with E-state index in [1.807, 2.05) is 18.2 Å². The second kappa shape index (κ2) is 4.37. The van der Waals surface area contributed by atoms with Crippen LogP contribution in [0.1, 0.15) is 18.9 Å². The van der Waals surface area contributed by atoms with Crippen molar-refractivity contribution in [2.24, 2.45) is 10.7 Å². The number of benzene rings is 1. The van der Waals surface area contributed by atoms with Gasteiger partial charge in [-0.05, 0) is 19.4 Å². The highest BCUT2D eigenvalue weighted by Gasteiger charge is 2.31. The van der Waals surface area contributed by atoms with Crippen LogP contribution in [0.25, 0.3) is 0 Å². The van der Waals surface area contributed by atoms with Gasteiger partial charge >= 0.3 is 0 Å². The van der Waals surface area contributed by atoms with Gasteiger partial charge in [0.1, 0.15) is 5.75 Å². The van der Waals surface area contributed by atoms with Gasteiger partial charge in [-0.15, -0.1) is 0 Å². The number of ether oxygens (including phenoxy) is 1. The third-order valence-electron chi connectivity index (χ3n) is 2.88. The molecule has 1 aromatic carbocycles. The summed E-state index contributed by atoms with van der Waals surface area (Å²) in [4.78, 5) is 4.57. The minimum Gasteiger partial charge on any atom is -0.496 e. The number of hydrogen-bond acceptors (Lipinski definition) is 4. The number of methoxy groups -OCH3 is 1. The molecule has 0 fully saturated rings. The number of para-hydroxylation sites is 1. The van der Waals surface area contributed by atoms with Gasteiger partial charge < -0.3 is 10.5 Å².